The molecule has 0 bridgehead atoms. The standard InChI is InChI=1S/C32H57NOSi/c1-22(12-11-21-33)24-14-15-25-23-13-16-27-30(5,6)28(34-35(9,10)29(2,3)4)18-20-32(27,8)26(23)17-19-31(24,25)7/h15,22,24,27-28H,11-14,16-21,33H2,1-10H3/t22-,24-,27+,28+,31-,32-/m1/s1. The van der Waals surface area contributed by atoms with E-state index in [9.17, 15) is 0 Å². The Morgan fingerprint density at radius 1 is 1.06 bits per heavy atom. The third-order valence-corrected chi connectivity index (χ3v) is 16.7. The van der Waals surface area contributed by atoms with Gasteiger partial charge in [0.05, 0.1) is 6.10 Å². The molecule has 3 heteroatoms. The zero-order valence-corrected chi connectivity index (χ0v) is 25.9. The monoisotopic (exact) mass is 499 g/mol. The van der Waals surface area contributed by atoms with Crippen LogP contribution in [0.15, 0.2) is 22.8 Å². The van der Waals surface area contributed by atoms with E-state index < -0.39 is 8.32 Å². The van der Waals surface area contributed by atoms with Crippen molar-refractivity contribution < 1.29 is 4.43 Å². The zero-order valence-electron chi connectivity index (χ0n) is 24.9. The molecule has 1 saturated carbocycles. The van der Waals surface area contributed by atoms with E-state index in [-0.39, 0.29) is 10.5 Å². The second-order valence-electron chi connectivity index (χ2n) is 15.5. The highest BCUT2D eigenvalue weighted by atomic mass is 28.4. The van der Waals surface area contributed by atoms with Gasteiger partial charge in [-0.15, -0.1) is 0 Å². The summed E-state index contributed by atoms with van der Waals surface area (Å²) in [6, 6.07) is 0. The van der Waals surface area contributed by atoms with Gasteiger partial charge in [-0.1, -0.05) is 67.0 Å². The van der Waals surface area contributed by atoms with Gasteiger partial charge in [-0.05, 0) is 128 Å². The summed E-state index contributed by atoms with van der Waals surface area (Å²) in [5, 5.41) is 0.271. The highest BCUT2D eigenvalue weighted by Crippen LogP contribution is 2.67. The van der Waals surface area contributed by atoms with E-state index in [4.69, 9.17) is 10.2 Å². The maximum absolute atomic E-state index is 7.15. The summed E-state index contributed by atoms with van der Waals surface area (Å²) in [6.45, 7) is 25.7. The molecule has 35 heavy (non-hydrogen) atoms. The predicted octanol–water partition coefficient (Wildman–Crippen LogP) is 9.03. The van der Waals surface area contributed by atoms with Crippen molar-refractivity contribution in [1.29, 1.82) is 0 Å². The van der Waals surface area contributed by atoms with Crippen molar-refractivity contribution in [1.82, 2.24) is 0 Å². The van der Waals surface area contributed by atoms with Crippen molar-refractivity contribution >= 4 is 8.32 Å². The second-order valence-corrected chi connectivity index (χ2v) is 20.2. The van der Waals surface area contributed by atoms with E-state index >= 15 is 0 Å². The third-order valence-electron chi connectivity index (χ3n) is 12.2. The van der Waals surface area contributed by atoms with E-state index in [2.05, 4.69) is 74.6 Å². The molecule has 0 aromatic heterocycles. The number of nitrogens with two attached hydrogens (primary N) is 1. The molecule has 2 nitrogen and oxygen atoms in total. The van der Waals surface area contributed by atoms with Gasteiger partial charge in [0.1, 0.15) is 0 Å². The number of fused-ring (bicyclic) bond motifs is 4. The Balaban J connectivity index is 1.60. The second kappa shape index (κ2) is 9.12. The van der Waals surface area contributed by atoms with Crippen LogP contribution in [-0.2, 0) is 4.43 Å². The summed E-state index contributed by atoms with van der Waals surface area (Å²) in [7, 11) is -1.78. The number of allylic oxidation sites excluding steroid dienone is 4. The summed E-state index contributed by atoms with van der Waals surface area (Å²) in [6.07, 6.45) is 14.6. The minimum atomic E-state index is -1.78. The maximum Gasteiger partial charge on any atom is 0.192 e. The summed E-state index contributed by atoms with van der Waals surface area (Å²) < 4.78 is 7.15. The largest absolute Gasteiger partial charge is 0.413 e. The SMILES string of the molecule is C[C@H](CCCN)[C@H]1CC=C2C3=C(CC[C@@]21C)[C@@]1(C)CC[C@H](O[Si](C)(C)C(C)(C)C)C(C)(C)[C@@H]1CC3. The lowest BCUT2D eigenvalue weighted by molar-refractivity contribution is -0.0839. The Kier molecular flexibility index (Phi) is 7.20. The molecule has 0 aliphatic heterocycles. The van der Waals surface area contributed by atoms with Crippen LogP contribution in [0, 0.1) is 34.0 Å². The molecule has 0 aromatic rings. The van der Waals surface area contributed by atoms with Crippen molar-refractivity contribution in [2.75, 3.05) is 6.54 Å². The zero-order chi connectivity index (χ0) is 26.0. The summed E-state index contributed by atoms with van der Waals surface area (Å²) >= 11 is 0. The van der Waals surface area contributed by atoms with Crippen LogP contribution in [-0.4, -0.2) is 21.0 Å². The number of hydrogen-bond donors (Lipinski definition) is 1. The van der Waals surface area contributed by atoms with Crippen LogP contribution in [0.5, 0.6) is 0 Å². The van der Waals surface area contributed by atoms with Gasteiger partial charge in [0, 0.05) is 0 Å². The predicted molar refractivity (Wildman–Crippen MR) is 154 cm³/mol. The summed E-state index contributed by atoms with van der Waals surface area (Å²) in [4.78, 5) is 0. The summed E-state index contributed by atoms with van der Waals surface area (Å²) in [5.41, 5.74) is 12.2. The average Bonchev–Trinajstić information content (AvgIpc) is 3.10. The molecule has 0 spiro atoms. The Morgan fingerprint density at radius 3 is 2.37 bits per heavy atom. The van der Waals surface area contributed by atoms with Gasteiger partial charge in [0.25, 0.3) is 0 Å². The summed E-state index contributed by atoms with van der Waals surface area (Å²) in [5.74, 6) is 2.30. The van der Waals surface area contributed by atoms with E-state index in [0.717, 1.165) is 24.3 Å². The van der Waals surface area contributed by atoms with Gasteiger partial charge < -0.3 is 10.2 Å². The van der Waals surface area contributed by atoms with E-state index in [0.29, 0.717) is 16.9 Å². The van der Waals surface area contributed by atoms with Crippen LogP contribution < -0.4 is 5.73 Å². The van der Waals surface area contributed by atoms with Crippen LogP contribution in [0.3, 0.4) is 0 Å². The van der Waals surface area contributed by atoms with E-state index in [1.54, 1.807) is 11.1 Å². The van der Waals surface area contributed by atoms with Crippen molar-refractivity contribution in [2.45, 2.75) is 137 Å². The quantitative estimate of drug-likeness (QED) is 0.370. The normalized spacial score (nSPS) is 37.9. The molecule has 0 amide bonds. The highest BCUT2D eigenvalue weighted by molar-refractivity contribution is 6.74. The lowest BCUT2D eigenvalue weighted by Gasteiger charge is -2.61. The number of rotatable bonds is 6. The first-order valence-corrected chi connectivity index (χ1v) is 17.8. The van der Waals surface area contributed by atoms with Crippen LogP contribution in [0.1, 0.15) is 113 Å². The Bertz CT molecular complexity index is 876. The molecule has 200 valence electrons. The van der Waals surface area contributed by atoms with E-state index in [1.165, 1.54) is 57.8 Å². The van der Waals surface area contributed by atoms with Gasteiger partial charge in [-0.25, -0.2) is 0 Å². The van der Waals surface area contributed by atoms with Crippen molar-refractivity contribution in [3.8, 4) is 0 Å². The molecule has 0 aromatic carbocycles. The molecule has 6 atom stereocenters. The fraction of sp³-hybridized carbons (Fsp3) is 0.875. The Morgan fingerprint density at radius 2 is 1.74 bits per heavy atom. The molecule has 0 radical (unpaired) electrons. The fourth-order valence-corrected chi connectivity index (χ4v) is 10.4. The Labute approximate surface area is 219 Å². The third kappa shape index (κ3) is 4.38. The maximum atomic E-state index is 7.15. The molecular weight excluding hydrogens is 442 g/mol. The van der Waals surface area contributed by atoms with Gasteiger partial charge in [0.2, 0.25) is 0 Å². The van der Waals surface area contributed by atoms with Crippen molar-refractivity contribution in [3.63, 3.8) is 0 Å². The number of hydrogen-bond acceptors (Lipinski definition) is 2. The molecule has 2 N–H and O–H groups in total. The van der Waals surface area contributed by atoms with Gasteiger partial charge in [-0.2, -0.15) is 0 Å². The minimum absolute atomic E-state index is 0.227. The Hall–Kier alpha value is -0.383. The molecular formula is C32H57NOSi. The van der Waals surface area contributed by atoms with Gasteiger partial charge in [0.15, 0.2) is 8.32 Å². The molecule has 4 rings (SSSR count). The lowest BCUT2D eigenvalue weighted by atomic mass is 9.46. The highest BCUT2D eigenvalue weighted by Gasteiger charge is 2.58. The van der Waals surface area contributed by atoms with Crippen LogP contribution in [0.25, 0.3) is 0 Å². The first-order valence-electron chi connectivity index (χ1n) is 14.9. The molecule has 0 saturated heterocycles. The van der Waals surface area contributed by atoms with Gasteiger partial charge in [-0.3, -0.25) is 0 Å². The molecule has 1 fully saturated rings. The van der Waals surface area contributed by atoms with Gasteiger partial charge >= 0.3 is 0 Å². The first kappa shape index (κ1) is 27.6. The van der Waals surface area contributed by atoms with Crippen molar-refractivity contribution in [3.05, 3.63) is 22.8 Å². The molecule has 0 heterocycles. The smallest absolute Gasteiger partial charge is 0.192 e. The average molecular weight is 500 g/mol. The van der Waals surface area contributed by atoms with Crippen LogP contribution in [0.2, 0.25) is 18.1 Å². The lowest BCUT2D eigenvalue weighted by Crippen LogP contribution is -2.57. The van der Waals surface area contributed by atoms with E-state index in [1.807, 2.05) is 5.57 Å². The topological polar surface area (TPSA) is 35.2 Å². The molecule has 4 aliphatic rings. The minimum Gasteiger partial charge on any atom is -0.413 e. The van der Waals surface area contributed by atoms with Crippen LogP contribution >= 0.6 is 0 Å². The van der Waals surface area contributed by atoms with Crippen LogP contribution in [0.4, 0.5) is 0 Å². The molecule has 4 aliphatic carbocycles. The van der Waals surface area contributed by atoms with Crippen molar-refractivity contribution in [2.24, 2.45) is 39.7 Å². The fourth-order valence-electron chi connectivity index (χ4n) is 8.95. The first-order chi connectivity index (χ1) is 16.1. The molecule has 0 unspecified atom stereocenters.